The summed E-state index contributed by atoms with van der Waals surface area (Å²) in [7, 11) is -3.29. The third-order valence-corrected chi connectivity index (χ3v) is 5.86. The van der Waals surface area contributed by atoms with Crippen molar-refractivity contribution in [2.45, 2.75) is 29.9 Å². The minimum atomic E-state index is -3.29. The fourth-order valence-electron chi connectivity index (χ4n) is 2.46. The molecule has 0 aliphatic heterocycles. The number of allylic oxidation sites excluding steroid dienone is 1. The number of rotatable bonds is 3. The van der Waals surface area contributed by atoms with Crippen LogP contribution in [-0.2, 0) is 9.84 Å². The lowest BCUT2D eigenvalue weighted by atomic mass is 10.1. The molecule has 2 nitrogen and oxygen atoms in total. The summed E-state index contributed by atoms with van der Waals surface area (Å²) in [4.78, 5) is 0.393. The maximum atomic E-state index is 12.5. The summed E-state index contributed by atoms with van der Waals surface area (Å²) in [6.45, 7) is 9.63. The fraction of sp³-hybridized carbons (Fsp3) is 0.333. The Morgan fingerprint density at radius 1 is 1.22 bits per heavy atom. The van der Waals surface area contributed by atoms with Crippen molar-refractivity contribution < 1.29 is 8.42 Å². The Kier molecular flexibility index (Phi) is 3.44. The summed E-state index contributed by atoms with van der Waals surface area (Å²) < 4.78 is 25.0. The Hall–Kier alpha value is -1.35. The minimum absolute atomic E-state index is 0.134. The topological polar surface area (TPSA) is 34.1 Å². The van der Waals surface area contributed by atoms with Crippen molar-refractivity contribution in [2.75, 3.05) is 0 Å². The van der Waals surface area contributed by atoms with Crippen molar-refractivity contribution in [1.29, 1.82) is 0 Å². The molecule has 0 bridgehead atoms. The molecule has 18 heavy (non-hydrogen) atoms. The highest BCUT2D eigenvalue weighted by atomic mass is 32.2. The maximum absolute atomic E-state index is 12.5. The number of sulfone groups is 1. The lowest BCUT2D eigenvalue weighted by Crippen LogP contribution is -2.20. The molecular formula is C15H18O2S. The Morgan fingerprint density at radius 2 is 1.83 bits per heavy atom. The molecule has 3 heteroatoms. The van der Waals surface area contributed by atoms with Crippen LogP contribution in [0, 0.1) is 12.8 Å². The third kappa shape index (κ3) is 2.15. The van der Waals surface area contributed by atoms with Gasteiger partial charge in [-0.15, -0.1) is 6.58 Å². The molecule has 0 saturated heterocycles. The van der Waals surface area contributed by atoms with Gasteiger partial charge in [0.05, 0.1) is 10.1 Å². The van der Waals surface area contributed by atoms with Crippen molar-refractivity contribution >= 4 is 9.84 Å². The highest BCUT2D eigenvalue weighted by Gasteiger charge is 2.37. The standard InChI is InChI=1S/C15H18O2S/c1-4-13-7-10-15(12(13)3)18(16,17)14-8-5-11(2)6-9-14/h4-6,8-9,13,15H,1,3,7,10H2,2H3/t13-,15-/m0/s1. The second kappa shape index (κ2) is 4.73. The molecule has 1 fully saturated rings. The van der Waals surface area contributed by atoms with Crippen molar-refractivity contribution in [1.82, 2.24) is 0 Å². The van der Waals surface area contributed by atoms with Crippen LogP contribution in [0.25, 0.3) is 0 Å². The first-order chi connectivity index (χ1) is 8.46. The predicted octanol–water partition coefficient (Wildman–Crippen LogP) is 3.29. The third-order valence-electron chi connectivity index (χ3n) is 3.64. The van der Waals surface area contributed by atoms with Gasteiger partial charge in [0.25, 0.3) is 0 Å². The Bertz CT molecular complexity index is 567. The average Bonchev–Trinajstić information content (AvgIpc) is 2.71. The quantitative estimate of drug-likeness (QED) is 0.783. The van der Waals surface area contributed by atoms with E-state index in [-0.39, 0.29) is 5.92 Å². The van der Waals surface area contributed by atoms with Crippen LogP contribution in [0.4, 0.5) is 0 Å². The number of hydrogen-bond donors (Lipinski definition) is 0. The van der Waals surface area contributed by atoms with E-state index in [0.29, 0.717) is 11.3 Å². The maximum Gasteiger partial charge on any atom is 0.185 e. The van der Waals surface area contributed by atoms with E-state index in [9.17, 15) is 8.42 Å². The van der Waals surface area contributed by atoms with Crippen molar-refractivity contribution in [2.24, 2.45) is 5.92 Å². The van der Waals surface area contributed by atoms with Crippen LogP contribution in [0.5, 0.6) is 0 Å². The van der Waals surface area contributed by atoms with Gasteiger partial charge in [0.2, 0.25) is 0 Å². The lowest BCUT2D eigenvalue weighted by Gasteiger charge is -2.14. The smallest absolute Gasteiger partial charge is 0.185 e. The van der Waals surface area contributed by atoms with Gasteiger partial charge in [-0.1, -0.05) is 35.9 Å². The van der Waals surface area contributed by atoms with Crippen molar-refractivity contribution in [3.8, 4) is 0 Å². The minimum Gasteiger partial charge on any atom is -0.223 e. The monoisotopic (exact) mass is 262 g/mol. The van der Waals surface area contributed by atoms with E-state index in [4.69, 9.17) is 0 Å². The van der Waals surface area contributed by atoms with Crippen LogP contribution in [-0.4, -0.2) is 13.7 Å². The molecule has 0 spiro atoms. The molecule has 0 N–H and O–H groups in total. The van der Waals surface area contributed by atoms with Gasteiger partial charge < -0.3 is 0 Å². The van der Waals surface area contributed by atoms with Crippen molar-refractivity contribution in [3.63, 3.8) is 0 Å². The number of benzene rings is 1. The van der Waals surface area contributed by atoms with Gasteiger partial charge in [-0.2, -0.15) is 0 Å². The summed E-state index contributed by atoms with van der Waals surface area (Å²) in [6.07, 6.45) is 3.27. The van der Waals surface area contributed by atoms with E-state index >= 15 is 0 Å². The van der Waals surface area contributed by atoms with E-state index in [1.807, 2.05) is 19.1 Å². The molecule has 1 aromatic rings. The van der Waals surface area contributed by atoms with E-state index < -0.39 is 15.1 Å². The summed E-state index contributed by atoms with van der Waals surface area (Å²) in [6, 6.07) is 7.02. The van der Waals surface area contributed by atoms with Crippen LogP contribution in [0.15, 0.2) is 54.0 Å². The summed E-state index contributed by atoms with van der Waals surface area (Å²) in [5, 5.41) is -0.455. The molecule has 0 unspecified atom stereocenters. The fourth-order valence-corrected chi connectivity index (χ4v) is 4.32. The molecule has 0 heterocycles. The highest BCUT2D eigenvalue weighted by molar-refractivity contribution is 7.92. The number of hydrogen-bond acceptors (Lipinski definition) is 2. The molecule has 2 atom stereocenters. The second-order valence-electron chi connectivity index (χ2n) is 4.84. The normalized spacial score (nSPS) is 24.2. The summed E-state index contributed by atoms with van der Waals surface area (Å²) in [5.74, 6) is 0.134. The van der Waals surface area contributed by atoms with Crippen LogP contribution >= 0.6 is 0 Å². The van der Waals surface area contributed by atoms with Gasteiger partial charge in [-0.3, -0.25) is 0 Å². The predicted molar refractivity (Wildman–Crippen MR) is 74.2 cm³/mol. The average molecular weight is 262 g/mol. The van der Waals surface area contributed by atoms with Gasteiger partial charge in [0, 0.05) is 0 Å². The summed E-state index contributed by atoms with van der Waals surface area (Å²) in [5.41, 5.74) is 1.84. The first-order valence-electron chi connectivity index (χ1n) is 6.08. The molecule has 0 amide bonds. The summed E-state index contributed by atoms with van der Waals surface area (Å²) >= 11 is 0. The Balaban J connectivity index is 2.35. The molecule has 1 aromatic carbocycles. The molecular weight excluding hydrogens is 244 g/mol. The Morgan fingerprint density at radius 3 is 2.33 bits per heavy atom. The lowest BCUT2D eigenvalue weighted by molar-refractivity contribution is 0.586. The first-order valence-corrected chi connectivity index (χ1v) is 7.63. The van der Waals surface area contributed by atoms with Gasteiger partial charge in [-0.25, -0.2) is 8.42 Å². The van der Waals surface area contributed by atoms with Crippen LogP contribution < -0.4 is 0 Å². The van der Waals surface area contributed by atoms with Crippen LogP contribution in [0.3, 0.4) is 0 Å². The number of aryl methyl sites for hydroxylation is 1. The Labute approximate surface area is 109 Å². The molecule has 1 aliphatic carbocycles. The zero-order valence-corrected chi connectivity index (χ0v) is 11.4. The molecule has 1 aliphatic rings. The van der Waals surface area contributed by atoms with Crippen LogP contribution in [0.2, 0.25) is 0 Å². The molecule has 2 rings (SSSR count). The van der Waals surface area contributed by atoms with E-state index in [1.54, 1.807) is 18.2 Å². The van der Waals surface area contributed by atoms with Crippen molar-refractivity contribution in [3.05, 3.63) is 54.6 Å². The largest absolute Gasteiger partial charge is 0.223 e. The van der Waals surface area contributed by atoms with Gasteiger partial charge in [-0.05, 0) is 37.8 Å². The van der Waals surface area contributed by atoms with E-state index in [0.717, 1.165) is 17.6 Å². The molecule has 1 saturated carbocycles. The van der Waals surface area contributed by atoms with Gasteiger partial charge >= 0.3 is 0 Å². The zero-order chi connectivity index (χ0) is 13.3. The molecule has 0 radical (unpaired) electrons. The highest BCUT2D eigenvalue weighted by Crippen LogP contribution is 2.37. The van der Waals surface area contributed by atoms with Crippen LogP contribution in [0.1, 0.15) is 18.4 Å². The molecule has 0 aromatic heterocycles. The SMILES string of the molecule is C=C[C@H]1CC[C@H](S(=O)(=O)c2ccc(C)cc2)C1=C. The second-order valence-corrected chi connectivity index (χ2v) is 6.97. The van der Waals surface area contributed by atoms with E-state index in [1.165, 1.54) is 0 Å². The zero-order valence-electron chi connectivity index (χ0n) is 10.6. The molecule has 96 valence electrons. The first kappa shape index (κ1) is 13.1. The van der Waals surface area contributed by atoms with Gasteiger partial charge in [0.15, 0.2) is 9.84 Å². The van der Waals surface area contributed by atoms with Gasteiger partial charge in [0.1, 0.15) is 0 Å². The van der Waals surface area contributed by atoms with E-state index in [2.05, 4.69) is 13.2 Å².